The van der Waals surface area contributed by atoms with Crippen LogP contribution in [0.2, 0.25) is 0 Å². The number of methoxy groups -OCH3 is 1. The lowest BCUT2D eigenvalue weighted by Gasteiger charge is -2.22. The molecule has 2 N–H and O–H groups in total. The third-order valence-electron chi connectivity index (χ3n) is 3.19. The van der Waals surface area contributed by atoms with Crippen LogP contribution in [0.4, 0.5) is 5.69 Å². The second-order valence-electron chi connectivity index (χ2n) is 4.43. The maximum Gasteiger partial charge on any atom is 0.321 e. The molecule has 0 amide bonds. The van der Waals surface area contributed by atoms with E-state index in [0.717, 1.165) is 9.87 Å². The van der Waals surface area contributed by atoms with E-state index >= 15 is 0 Å². The molecule has 7 heteroatoms. The highest BCUT2D eigenvalue weighted by Gasteiger charge is 2.29. The molecule has 0 aliphatic carbocycles. The molecule has 0 bridgehead atoms. The number of hydrogen-bond donors (Lipinski definition) is 1. The van der Waals surface area contributed by atoms with Crippen molar-refractivity contribution in [3.05, 3.63) is 23.3 Å². The molecule has 1 rings (SSSR count). The molecule has 20 heavy (non-hydrogen) atoms. The van der Waals surface area contributed by atoms with Crippen LogP contribution < -0.4 is 5.73 Å². The first-order valence-corrected chi connectivity index (χ1v) is 7.62. The molecule has 0 fully saturated rings. The van der Waals surface area contributed by atoms with Crippen molar-refractivity contribution in [3.63, 3.8) is 0 Å². The quantitative estimate of drug-likeness (QED) is 0.649. The number of sulfonamides is 1. The van der Waals surface area contributed by atoms with E-state index in [0.29, 0.717) is 5.56 Å². The highest BCUT2D eigenvalue weighted by molar-refractivity contribution is 7.89. The highest BCUT2D eigenvalue weighted by atomic mass is 32.2. The summed E-state index contributed by atoms with van der Waals surface area (Å²) in [7, 11) is -2.62. The second-order valence-corrected chi connectivity index (χ2v) is 6.31. The van der Waals surface area contributed by atoms with Gasteiger partial charge in [0, 0.05) is 6.54 Å². The van der Waals surface area contributed by atoms with Gasteiger partial charge in [-0.05, 0) is 31.0 Å². The van der Waals surface area contributed by atoms with E-state index in [4.69, 9.17) is 5.73 Å². The maximum atomic E-state index is 12.6. The number of hydrogen-bond acceptors (Lipinski definition) is 5. The molecule has 6 nitrogen and oxygen atoms in total. The molecular formula is C13H20N2O4S. The second kappa shape index (κ2) is 6.23. The number of ether oxygens (including phenoxy) is 1. The van der Waals surface area contributed by atoms with E-state index in [9.17, 15) is 13.2 Å². The summed E-state index contributed by atoms with van der Waals surface area (Å²) in [6, 6.07) is 3.32. The molecule has 0 aliphatic rings. The third kappa shape index (κ3) is 3.10. The summed E-state index contributed by atoms with van der Waals surface area (Å²) >= 11 is 0. The minimum absolute atomic E-state index is 0.0586. The van der Waals surface area contributed by atoms with Crippen molar-refractivity contribution >= 4 is 21.7 Å². The van der Waals surface area contributed by atoms with Gasteiger partial charge in [0.15, 0.2) is 0 Å². The van der Waals surface area contributed by atoms with Crippen LogP contribution in [0.1, 0.15) is 18.1 Å². The van der Waals surface area contributed by atoms with Gasteiger partial charge in [-0.25, -0.2) is 8.42 Å². The summed E-state index contributed by atoms with van der Waals surface area (Å²) in [6.07, 6.45) is 0. The van der Waals surface area contributed by atoms with Crippen molar-refractivity contribution in [2.45, 2.75) is 25.7 Å². The number of carbonyl (C=O) groups is 1. The lowest BCUT2D eigenvalue weighted by Crippen LogP contribution is -2.36. The first kappa shape index (κ1) is 16.5. The number of esters is 1. The zero-order valence-corrected chi connectivity index (χ0v) is 13.0. The Morgan fingerprint density at radius 1 is 1.35 bits per heavy atom. The minimum Gasteiger partial charge on any atom is -0.468 e. The normalized spacial score (nSPS) is 11.7. The molecule has 0 spiro atoms. The van der Waals surface area contributed by atoms with Gasteiger partial charge in [-0.3, -0.25) is 4.79 Å². The van der Waals surface area contributed by atoms with E-state index in [-0.39, 0.29) is 23.7 Å². The molecule has 0 radical (unpaired) electrons. The fourth-order valence-corrected chi connectivity index (χ4v) is 3.65. The Kier molecular flexibility index (Phi) is 5.13. The molecule has 0 saturated carbocycles. The smallest absolute Gasteiger partial charge is 0.321 e. The molecule has 112 valence electrons. The first-order chi connectivity index (χ1) is 9.25. The van der Waals surface area contributed by atoms with Gasteiger partial charge in [0.1, 0.15) is 11.4 Å². The topological polar surface area (TPSA) is 89.7 Å². The molecule has 0 saturated heterocycles. The van der Waals surface area contributed by atoms with E-state index in [1.807, 2.05) is 6.92 Å². The van der Waals surface area contributed by atoms with Crippen molar-refractivity contribution in [1.29, 1.82) is 0 Å². The number of nitrogens with zero attached hydrogens (tertiary/aromatic N) is 1. The van der Waals surface area contributed by atoms with Gasteiger partial charge in [0.25, 0.3) is 0 Å². The van der Waals surface area contributed by atoms with Crippen LogP contribution in [0.5, 0.6) is 0 Å². The Morgan fingerprint density at radius 3 is 2.45 bits per heavy atom. The third-order valence-corrected chi connectivity index (χ3v) is 5.32. The van der Waals surface area contributed by atoms with Crippen LogP contribution in [0.15, 0.2) is 17.0 Å². The van der Waals surface area contributed by atoms with Gasteiger partial charge in [-0.2, -0.15) is 4.31 Å². The lowest BCUT2D eigenvalue weighted by molar-refractivity contribution is -0.140. The summed E-state index contributed by atoms with van der Waals surface area (Å²) in [5, 5.41) is 0. The lowest BCUT2D eigenvalue weighted by atomic mass is 10.1. The Morgan fingerprint density at radius 2 is 1.95 bits per heavy atom. The standard InChI is InChI=1S/C13H20N2O4S/c1-5-15(8-12(16)19-4)20(17,18)13-10(3)9(2)6-7-11(13)14/h6-7H,5,8,14H2,1-4H3. The summed E-state index contributed by atoms with van der Waals surface area (Å²) < 4.78 is 30.9. The van der Waals surface area contributed by atoms with Crippen molar-refractivity contribution in [2.24, 2.45) is 0 Å². The van der Waals surface area contributed by atoms with E-state index in [1.54, 1.807) is 26.0 Å². The molecule has 0 aliphatic heterocycles. The maximum absolute atomic E-state index is 12.6. The summed E-state index contributed by atoms with van der Waals surface area (Å²) in [4.78, 5) is 11.4. The van der Waals surface area contributed by atoms with Crippen LogP contribution in [-0.2, 0) is 19.6 Å². The Bertz CT molecular complexity index is 611. The van der Waals surface area contributed by atoms with E-state index in [2.05, 4.69) is 4.74 Å². The van der Waals surface area contributed by atoms with Crippen LogP contribution in [0, 0.1) is 13.8 Å². The number of rotatable bonds is 5. The van der Waals surface area contributed by atoms with Gasteiger partial charge >= 0.3 is 5.97 Å². The van der Waals surface area contributed by atoms with Crippen molar-refractivity contribution in [1.82, 2.24) is 4.31 Å². The molecule has 0 unspecified atom stereocenters. The number of nitrogen functional groups attached to an aromatic ring is 1. The van der Waals surface area contributed by atoms with Gasteiger partial charge < -0.3 is 10.5 Å². The number of nitrogens with two attached hydrogens (primary N) is 1. The van der Waals surface area contributed by atoms with Crippen LogP contribution in [0.3, 0.4) is 0 Å². The Balaban J connectivity index is 3.35. The predicted molar refractivity (Wildman–Crippen MR) is 76.8 cm³/mol. The van der Waals surface area contributed by atoms with E-state index in [1.165, 1.54) is 7.11 Å². The molecule has 1 aromatic carbocycles. The number of likely N-dealkylation sites (N-methyl/N-ethyl adjacent to an activating group) is 1. The fraction of sp³-hybridized carbons (Fsp3) is 0.462. The number of benzene rings is 1. The minimum atomic E-state index is -3.83. The molecule has 1 aromatic rings. The van der Waals surface area contributed by atoms with Crippen molar-refractivity contribution in [2.75, 3.05) is 25.9 Å². The summed E-state index contributed by atoms with van der Waals surface area (Å²) in [5.41, 5.74) is 7.40. The fourth-order valence-electron chi connectivity index (χ4n) is 1.86. The Labute approximate surface area is 119 Å². The van der Waals surface area contributed by atoms with E-state index < -0.39 is 16.0 Å². The van der Waals surface area contributed by atoms with Gasteiger partial charge in [-0.1, -0.05) is 13.0 Å². The highest BCUT2D eigenvalue weighted by Crippen LogP contribution is 2.28. The first-order valence-electron chi connectivity index (χ1n) is 6.18. The van der Waals surface area contributed by atoms with Crippen molar-refractivity contribution < 1.29 is 17.9 Å². The number of carbonyl (C=O) groups excluding carboxylic acids is 1. The van der Waals surface area contributed by atoms with Crippen molar-refractivity contribution in [3.8, 4) is 0 Å². The molecule has 0 heterocycles. The summed E-state index contributed by atoms with van der Waals surface area (Å²) in [5.74, 6) is -0.612. The molecule has 0 aromatic heterocycles. The SMILES string of the molecule is CCN(CC(=O)OC)S(=O)(=O)c1c(N)ccc(C)c1C. The average molecular weight is 300 g/mol. The molecular weight excluding hydrogens is 280 g/mol. The predicted octanol–water partition coefficient (Wildman–Crippen LogP) is 1.07. The number of anilines is 1. The number of aryl methyl sites for hydroxylation is 1. The monoisotopic (exact) mass is 300 g/mol. The molecule has 0 atom stereocenters. The van der Waals surface area contributed by atoms with Gasteiger partial charge in [0.2, 0.25) is 10.0 Å². The van der Waals surface area contributed by atoms with Gasteiger partial charge in [-0.15, -0.1) is 0 Å². The largest absolute Gasteiger partial charge is 0.468 e. The zero-order chi connectivity index (χ0) is 15.5. The summed E-state index contributed by atoms with van der Waals surface area (Å²) in [6.45, 7) is 4.99. The van der Waals surface area contributed by atoms with Crippen LogP contribution in [-0.4, -0.2) is 38.9 Å². The van der Waals surface area contributed by atoms with Gasteiger partial charge in [0.05, 0.1) is 12.8 Å². The van der Waals surface area contributed by atoms with Crippen LogP contribution in [0.25, 0.3) is 0 Å². The zero-order valence-electron chi connectivity index (χ0n) is 12.1. The Hall–Kier alpha value is -1.60. The van der Waals surface area contributed by atoms with Crippen LogP contribution >= 0.6 is 0 Å². The average Bonchev–Trinajstić information content (AvgIpc) is 2.39.